The summed E-state index contributed by atoms with van der Waals surface area (Å²) in [7, 11) is 1.92. The van der Waals surface area contributed by atoms with E-state index < -0.39 is 0 Å². The number of aromatic hydroxyl groups is 1. The second-order valence-corrected chi connectivity index (χ2v) is 6.87. The van der Waals surface area contributed by atoms with Crippen molar-refractivity contribution in [2.24, 2.45) is 7.05 Å². The van der Waals surface area contributed by atoms with Gasteiger partial charge in [-0.15, -0.1) is 11.3 Å². The lowest BCUT2D eigenvalue weighted by molar-refractivity contribution is 0.0955. The summed E-state index contributed by atoms with van der Waals surface area (Å²) in [4.78, 5) is 25.3. The minimum Gasteiger partial charge on any atom is -0.506 e. The molecule has 0 bridgehead atoms. The summed E-state index contributed by atoms with van der Waals surface area (Å²) in [5, 5.41) is 15.0. The Kier molecular flexibility index (Phi) is 4.18. The molecular formula is C18H17N5O2S. The van der Waals surface area contributed by atoms with E-state index >= 15 is 0 Å². The van der Waals surface area contributed by atoms with E-state index in [0.717, 1.165) is 10.6 Å². The molecule has 0 aliphatic rings. The zero-order chi connectivity index (χ0) is 18.1. The third-order valence-electron chi connectivity index (χ3n) is 4.21. The Bertz CT molecular complexity index is 1060. The number of thiophene rings is 1. The minimum absolute atomic E-state index is 0.0711. The molecule has 3 N–H and O–H groups in total. The Hall–Kier alpha value is -3.13. The SMILES string of the molecule is Cn1cncc1CCNC(=O)c1ccc(O)c2[nH]c(-c3cccs3)nc12. The van der Waals surface area contributed by atoms with Crippen LogP contribution in [0.2, 0.25) is 0 Å². The summed E-state index contributed by atoms with van der Waals surface area (Å²) in [6, 6.07) is 6.97. The average Bonchev–Trinajstić information content (AvgIpc) is 3.35. The first-order valence-corrected chi connectivity index (χ1v) is 9.00. The van der Waals surface area contributed by atoms with Gasteiger partial charge in [-0.1, -0.05) is 6.07 Å². The fraction of sp³-hybridized carbons (Fsp3) is 0.167. The average molecular weight is 367 g/mol. The van der Waals surface area contributed by atoms with E-state index in [9.17, 15) is 9.90 Å². The lowest BCUT2D eigenvalue weighted by Gasteiger charge is -2.07. The molecule has 0 radical (unpaired) electrons. The molecule has 0 atom stereocenters. The van der Waals surface area contributed by atoms with Crippen molar-refractivity contribution in [3.63, 3.8) is 0 Å². The number of phenolic OH excluding ortho intramolecular Hbond substituents is 1. The molecule has 132 valence electrons. The van der Waals surface area contributed by atoms with Crippen molar-refractivity contribution >= 4 is 28.3 Å². The molecular weight excluding hydrogens is 350 g/mol. The van der Waals surface area contributed by atoms with Gasteiger partial charge in [0.2, 0.25) is 0 Å². The maximum Gasteiger partial charge on any atom is 0.253 e. The van der Waals surface area contributed by atoms with Crippen LogP contribution in [0.1, 0.15) is 16.1 Å². The summed E-state index contributed by atoms with van der Waals surface area (Å²) in [5.74, 6) is 0.489. The molecule has 0 saturated heterocycles. The first kappa shape index (κ1) is 16.3. The number of imidazole rings is 2. The fourth-order valence-corrected chi connectivity index (χ4v) is 3.49. The van der Waals surface area contributed by atoms with Crippen LogP contribution in [0.3, 0.4) is 0 Å². The second kappa shape index (κ2) is 6.64. The number of fused-ring (bicyclic) bond motifs is 1. The normalized spacial score (nSPS) is 11.1. The van der Waals surface area contributed by atoms with Crippen molar-refractivity contribution in [2.75, 3.05) is 6.54 Å². The van der Waals surface area contributed by atoms with Crippen LogP contribution >= 0.6 is 11.3 Å². The molecule has 3 heterocycles. The lowest BCUT2D eigenvalue weighted by Crippen LogP contribution is -2.26. The van der Waals surface area contributed by atoms with E-state index in [0.29, 0.717) is 35.4 Å². The molecule has 0 fully saturated rings. The number of nitrogens with one attached hydrogen (secondary N) is 2. The lowest BCUT2D eigenvalue weighted by atomic mass is 10.1. The van der Waals surface area contributed by atoms with E-state index in [4.69, 9.17) is 0 Å². The maximum absolute atomic E-state index is 12.6. The van der Waals surface area contributed by atoms with Crippen LogP contribution < -0.4 is 5.32 Å². The fourth-order valence-electron chi connectivity index (χ4n) is 2.82. The van der Waals surface area contributed by atoms with E-state index in [1.54, 1.807) is 29.9 Å². The van der Waals surface area contributed by atoms with Crippen molar-refractivity contribution in [2.45, 2.75) is 6.42 Å². The number of hydrogen-bond acceptors (Lipinski definition) is 5. The summed E-state index contributed by atoms with van der Waals surface area (Å²) >= 11 is 1.54. The molecule has 8 heteroatoms. The number of aromatic nitrogens is 4. The molecule has 4 rings (SSSR count). The monoisotopic (exact) mass is 367 g/mol. The van der Waals surface area contributed by atoms with E-state index in [-0.39, 0.29) is 11.7 Å². The maximum atomic E-state index is 12.6. The molecule has 26 heavy (non-hydrogen) atoms. The van der Waals surface area contributed by atoms with Gasteiger partial charge in [0.1, 0.15) is 22.6 Å². The number of amides is 1. The topological polar surface area (TPSA) is 95.8 Å². The Labute approximate surface area is 153 Å². The third kappa shape index (κ3) is 2.95. The van der Waals surface area contributed by atoms with Crippen LogP contribution in [0.5, 0.6) is 5.75 Å². The van der Waals surface area contributed by atoms with Gasteiger partial charge < -0.3 is 20.0 Å². The molecule has 0 aliphatic heterocycles. The number of nitrogens with zero attached hydrogens (tertiary/aromatic N) is 3. The van der Waals surface area contributed by atoms with Gasteiger partial charge in [-0.05, 0) is 23.6 Å². The number of hydrogen-bond donors (Lipinski definition) is 3. The van der Waals surface area contributed by atoms with Gasteiger partial charge in [-0.3, -0.25) is 4.79 Å². The van der Waals surface area contributed by atoms with Crippen molar-refractivity contribution in [3.8, 4) is 16.5 Å². The van der Waals surface area contributed by atoms with E-state index in [1.807, 2.05) is 29.1 Å². The molecule has 4 aromatic rings. The van der Waals surface area contributed by atoms with Crippen LogP contribution in [0.4, 0.5) is 0 Å². The van der Waals surface area contributed by atoms with Gasteiger partial charge in [0.15, 0.2) is 0 Å². The molecule has 0 aliphatic carbocycles. The number of aromatic amines is 1. The molecule has 0 unspecified atom stereocenters. The molecule has 3 aromatic heterocycles. The summed E-state index contributed by atoms with van der Waals surface area (Å²) in [6.45, 7) is 0.489. The molecule has 0 spiro atoms. The number of carbonyl (C=O) groups is 1. The zero-order valence-corrected chi connectivity index (χ0v) is 14.9. The Balaban J connectivity index is 1.58. The highest BCUT2D eigenvalue weighted by Gasteiger charge is 2.17. The first-order valence-electron chi connectivity index (χ1n) is 8.12. The quantitative estimate of drug-likeness (QED) is 0.505. The number of H-pyrrole nitrogens is 1. The number of benzene rings is 1. The Morgan fingerprint density at radius 3 is 3.00 bits per heavy atom. The smallest absolute Gasteiger partial charge is 0.253 e. The number of carbonyl (C=O) groups excluding carboxylic acids is 1. The van der Waals surface area contributed by atoms with Gasteiger partial charge in [0.25, 0.3) is 5.91 Å². The highest BCUT2D eigenvalue weighted by molar-refractivity contribution is 7.13. The van der Waals surface area contributed by atoms with Crippen molar-refractivity contribution in [3.05, 3.63) is 53.4 Å². The van der Waals surface area contributed by atoms with E-state index in [1.165, 1.54) is 6.07 Å². The Morgan fingerprint density at radius 1 is 1.38 bits per heavy atom. The highest BCUT2D eigenvalue weighted by Crippen LogP contribution is 2.30. The third-order valence-corrected chi connectivity index (χ3v) is 5.08. The van der Waals surface area contributed by atoms with Gasteiger partial charge in [-0.25, -0.2) is 9.97 Å². The largest absolute Gasteiger partial charge is 0.506 e. The van der Waals surface area contributed by atoms with Gasteiger partial charge >= 0.3 is 0 Å². The van der Waals surface area contributed by atoms with Crippen molar-refractivity contribution in [1.29, 1.82) is 0 Å². The minimum atomic E-state index is -0.221. The van der Waals surface area contributed by atoms with Crippen molar-refractivity contribution in [1.82, 2.24) is 24.8 Å². The standard InChI is InChI=1S/C18H17N5O2S/c1-23-10-19-9-11(23)6-7-20-18(25)12-4-5-13(24)16-15(12)21-17(22-16)14-3-2-8-26-14/h2-5,8-10,24H,6-7H2,1H3,(H,20,25)(H,21,22). The van der Waals surface area contributed by atoms with Crippen molar-refractivity contribution < 1.29 is 9.90 Å². The van der Waals surface area contributed by atoms with Gasteiger partial charge in [-0.2, -0.15) is 0 Å². The summed E-state index contributed by atoms with van der Waals surface area (Å²) in [5.41, 5.74) is 2.40. The second-order valence-electron chi connectivity index (χ2n) is 5.92. The predicted octanol–water partition coefficient (Wildman–Crippen LogP) is 2.70. The summed E-state index contributed by atoms with van der Waals surface area (Å²) in [6.07, 6.45) is 4.20. The molecule has 1 amide bonds. The Morgan fingerprint density at radius 2 is 2.27 bits per heavy atom. The number of rotatable bonds is 5. The molecule has 0 saturated carbocycles. The van der Waals surface area contributed by atoms with Crippen LogP contribution in [0.15, 0.2) is 42.2 Å². The van der Waals surface area contributed by atoms with Crippen LogP contribution in [-0.2, 0) is 13.5 Å². The first-order chi connectivity index (χ1) is 12.6. The van der Waals surface area contributed by atoms with Crippen LogP contribution in [-0.4, -0.2) is 37.1 Å². The van der Waals surface area contributed by atoms with Crippen LogP contribution in [0, 0.1) is 0 Å². The van der Waals surface area contributed by atoms with Gasteiger partial charge in [0.05, 0.1) is 16.8 Å². The number of aryl methyl sites for hydroxylation is 1. The number of phenols is 1. The van der Waals surface area contributed by atoms with E-state index in [2.05, 4.69) is 20.3 Å². The zero-order valence-electron chi connectivity index (χ0n) is 14.1. The molecule has 7 nitrogen and oxygen atoms in total. The van der Waals surface area contributed by atoms with Gasteiger partial charge in [0, 0.05) is 31.9 Å². The van der Waals surface area contributed by atoms with Crippen LogP contribution in [0.25, 0.3) is 21.7 Å². The highest BCUT2D eigenvalue weighted by atomic mass is 32.1. The predicted molar refractivity (Wildman–Crippen MR) is 100 cm³/mol. The molecule has 1 aromatic carbocycles. The summed E-state index contributed by atoms with van der Waals surface area (Å²) < 4.78 is 1.92.